The number of nitrogens with one attached hydrogen (secondary N) is 1. The summed E-state index contributed by atoms with van der Waals surface area (Å²) in [7, 11) is 1.59. The maximum atomic E-state index is 13.1. The summed E-state index contributed by atoms with van der Waals surface area (Å²) < 4.78 is 12.7. The number of methoxy groups -OCH3 is 1. The minimum atomic E-state index is -0.192. The monoisotopic (exact) mass is 404 g/mol. The van der Waals surface area contributed by atoms with Crippen LogP contribution in [0.5, 0.6) is 11.5 Å². The van der Waals surface area contributed by atoms with Crippen molar-refractivity contribution in [1.82, 2.24) is 9.88 Å². The number of nitrogens with zero attached hydrogens (tertiary/aromatic N) is 1. The van der Waals surface area contributed by atoms with Crippen LogP contribution >= 0.6 is 0 Å². The number of fused-ring (bicyclic) bond motifs is 1. The van der Waals surface area contributed by atoms with Gasteiger partial charge in [-0.15, -0.1) is 0 Å². The Bertz CT molecular complexity index is 1110. The van der Waals surface area contributed by atoms with E-state index in [1.54, 1.807) is 17.7 Å². The highest BCUT2D eigenvalue weighted by Crippen LogP contribution is 2.28. The fraction of sp³-hybridized carbons (Fsp3) is 0.250. The van der Waals surface area contributed by atoms with Gasteiger partial charge in [-0.3, -0.25) is 9.59 Å². The highest BCUT2D eigenvalue weighted by molar-refractivity contribution is 6.02. The van der Waals surface area contributed by atoms with E-state index in [0.717, 1.165) is 24.1 Å². The number of carbonyl (C=O) groups excluding carboxylic acids is 1. The molecular formula is C24H24N2O4. The molecule has 0 unspecified atom stereocenters. The molecule has 1 aliphatic heterocycles. The molecule has 0 saturated carbocycles. The molecule has 0 atom stereocenters. The van der Waals surface area contributed by atoms with Crippen LogP contribution in [-0.2, 0) is 13.0 Å². The van der Waals surface area contributed by atoms with Crippen molar-refractivity contribution >= 4 is 5.91 Å². The molecule has 0 saturated heterocycles. The van der Waals surface area contributed by atoms with E-state index in [1.807, 2.05) is 54.6 Å². The lowest BCUT2D eigenvalue weighted by Gasteiger charge is -2.16. The molecule has 154 valence electrons. The second kappa shape index (κ2) is 8.86. The molecule has 4 rings (SSSR count). The third-order valence-corrected chi connectivity index (χ3v) is 5.24. The maximum absolute atomic E-state index is 13.1. The van der Waals surface area contributed by atoms with E-state index in [9.17, 15) is 9.59 Å². The first-order valence-corrected chi connectivity index (χ1v) is 10.0. The fourth-order valence-corrected chi connectivity index (χ4v) is 3.86. The number of amides is 1. The van der Waals surface area contributed by atoms with Gasteiger partial charge in [-0.1, -0.05) is 42.5 Å². The van der Waals surface area contributed by atoms with Crippen LogP contribution in [0.2, 0.25) is 0 Å². The fourth-order valence-electron chi connectivity index (χ4n) is 3.86. The summed E-state index contributed by atoms with van der Waals surface area (Å²) in [6.07, 6.45) is 1.58. The zero-order valence-electron chi connectivity index (χ0n) is 16.9. The average Bonchev–Trinajstić information content (AvgIpc) is 3.27. The summed E-state index contributed by atoms with van der Waals surface area (Å²) >= 11 is 0. The predicted octanol–water partition coefficient (Wildman–Crippen LogP) is 3.28. The van der Waals surface area contributed by atoms with Crippen molar-refractivity contribution in [3.05, 3.63) is 82.3 Å². The molecule has 6 nitrogen and oxygen atoms in total. The Labute approximate surface area is 175 Å². The van der Waals surface area contributed by atoms with Gasteiger partial charge in [-0.25, -0.2) is 0 Å². The van der Waals surface area contributed by atoms with Crippen LogP contribution in [0, 0.1) is 0 Å². The van der Waals surface area contributed by atoms with Crippen LogP contribution in [0.3, 0.4) is 0 Å². The van der Waals surface area contributed by atoms with E-state index in [1.165, 1.54) is 0 Å². The van der Waals surface area contributed by atoms with Crippen molar-refractivity contribution in [3.63, 3.8) is 0 Å². The minimum Gasteiger partial charge on any atom is -0.493 e. The largest absolute Gasteiger partial charge is 0.493 e. The lowest BCUT2D eigenvalue weighted by molar-refractivity contribution is 0.0946. The van der Waals surface area contributed by atoms with Crippen molar-refractivity contribution in [2.24, 2.45) is 0 Å². The molecule has 0 spiro atoms. The van der Waals surface area contributed by atoms with Crippen molar-refractivity contribution in [2.75, 3.05) is 20.3 Å². The van der Waals surface area contributed by atoms with Gasteiger partial charge in [0.2, 0.25) is 0 Å². The summed E-state index contributed by atoms with van der Waals surface area (Å²) in [5.74, 6) is 1.09. The van der Waals surface area contributed by atoms with E-state index in [2.05, 4.69) is 5.32 Å². The summed E-state index contributed by atoms with van der Waals surface area (Å²) in [5.41, 5.74) is 2.87. The topological polar surface area (TPSA) is 69.6 Å². The summed E-state index contributed by atoms with van der Waals surface area (Å²) in [4.78, 5) is 25.7. The highest BCUT2D eigenvalue weighted by Gasteiger charge is 2.24. The number of hydrogen-bond acceptors (Lipinski definition) is 4. The third kappa shape index (κ3) is 3.94. The van der Waals surface area contributed by atoms with Crippen molar-refractivity contribution in [2.45, 2.75) is 19.4 Å². The van der Waals surface area contributed by atoms with Crippen molar-refractivity contribution in [3.8, 4) is 22.6 Å². The SMILES string of the molecule is COc1ccccc1OCCNC(=O)c1c(-c2ccccc2)cc(=O)n2c1CCC2. The number of rotatable bonds is 7. The van der Waals surface area contributed by atoms with Gasteiger partial charge >= 0.3 is 0 Å². The Kier molecular flexibility index (Phi) is 5.84. The number of para-hydroxylation sites is 2. The van der Waals surface area contributed by atoms with Gasteiger partial charge in [0.15, 0.2) is 11.5 Å². The van der Waals surface area contributed by atoms with Crippen LogP contribution in [0.4, 0.5) is 0 Å². The second-order valence-electron chi connectivity index (χ2n) is 7.09. The molecule has 0 bridgehead atoms. The summed E-state index contributed by atoms with van der Waals surface area (Å²) in [5, 5.41) is 2.95. The molecule has 1 amide bonds. The zero-order valence-corrected chi connectivity index (χ0v) is 16.9. The van der Waals surface area contributed by atoms with E-state index in [0.29, 0.717) is 42.3 Å². The molecule has 2 heterocycles. The van der Waals surface area contributed by atoms with E-state index in [4.69, 9.17) is 9.47 Å². The lowest BCUT2D eigenvalue weighted by Crippen LogP contribution is -2.32. The number of hydrogen-bond donors (Lipinski definition) is 1. The average molecular weight is 404 g/mol. The Balaban J connectivity index is 1.54. The Morgan fingerprint density at radius 1 is 1.07 bits per heavy atom. The van der Waals surface area contributed by atoms with E-state index >= 15 is 0 Å². The molecular weight excluding hydrogens is 380 g/mol. The number of aromatic nitrogens is 1. The molecule has 6 heteroatoms. The van der Waals surface area contributed by atoms with Crippen LogP contribution in [0.1, 0.15) is 22.5 Å². The molecule has 1 aliphatic rings. The standard InChI is InChI=1S/C24H24N2O4/c1-29-20-11-5-6-12-21(20)30-15-13-25-24(28)23-18(17-8-3-2-4-9-17)16-22(27)26-14-7-10-19(23)26/h2-6,8-9,11-12,16H,7,10,13-15H2,1H3,(H,25,28). The normalized spacial score (nSPS) is 12.3. The minimum absolute atomic E-state index is 0.0580. The van der Waals surface area contributed by atoms with Crippen LogP contribution < -0.4 is 20.3 Å². The third-order valence-electron chi connectivity index (χ3n) is 5.24. The van der Waals surface area contributed by atoms with Gasteiger partial charge in [0.25, 0.3) is 11.5 Å². The Hall–Kier alpha value is -3.54. The molecule has 0 aliphatic carbocycles. The molecule has 0 radical (unpaired) electrons. The first-order chi connectivity index (χ1) is 14.7. The van der Waals surface area contributed by atoms with E-state index in [-0.39, 0.29) is 11.5 Å². The number of ether oxygens (including phenoxy) is 2. The second-order valence-corrected chi connectivity index (χ2v) is 7.09. The Morgan fingerprint density at radius 3 is 2.57 bits per heavy atom. The van der Waals surface area contributed by atoms with Gasteiger partial charge in [0, 0.05) is 23.9 Å². The molecule has 1 aromatic heterocycles. The molecule has 0 fully saturated rings. The van der Waals surface area contributed by atoms with Gasteiger partial charge in [0.1, 0.15) is 6.61 Å². The number of benzene rings is 2. The molecule has 3 aromatic rings. The quantitative estimate of drug-likeness (QED) is 0.614. The smallest absolute Gasteiger partial charge is 0.253 e. The van der Waals surface area contributed by atoms with Crippen LogP contribution in [-0.4, -0.2) is 30.7 Å². The first kappa shape index (κ1) is 19.8. The number of carbonyl (C=O) groups is 1. The van der Waals surface area contributed by atoms with Gasteiger partial charge in [-0.05, 0) is 30.5 Å². The van der Waals surface area contributed by atoms with E-state index < -0.39 is 0 Å². The highest BCUT2D eigenvalue weighted by atomic mass is 16.5. The Morgan fingerprint density at radius 2 is 1.80 bits per heavy atom. The van der Waals surface area contributed by atoms with Crippen LogP contribution in [0.25, 0.3) is 11.1 Å². The zero-order chi connectivity index (χ0) is 20.9. The molecule has 30 heavy (non-hydrogen) atoms. The maximum Gasteiger partial charge on any atom is 0.253 e. The molecule has 1 N–H and O–H groups in total. The molecule has 2 aromatic carbocycles. The van der Waals surface area contributed by atoms with Gasteiger partial charge in [-0.2, -0.15) is 0 Å². The summed E-state index contributed by atoms with van der Waals surface area (Å²) in [6.45, 7) is 1.30. The lowest BCUT2D eigenvalue weighted by atomic mass is 9.97. The van der Waals surface area contributed by atoms with Crippen molar-refractivity contribution in [1.29, 1.82) is 0 Å². The number of pyridine rings is 1. The summed E-state index contributed by atoms with van der Waals surface area (Å²) in [6, 6.07) is 18.5. The van der Waals surface area contributed by atoms with Gasteiger partial charge < -0.3 is 19.4 Å². The van der Waals surface area contributed by atoms with Crippen LogP contribution in [0.15, 0.2) is 65.5 Å². The van der Waals surface area contributed by atoms with Crippen molar-refractivity contribution < 1.29 is 14.3 Å². The van der Waals surface area contributed by atoms with Gasteiger partial charge in [0.05, 0.1) is 19.2 Å². The predicted molar refractivity (Wildman–Crippen MR) is 115 cm³/mol. The first-order valence-electron chi connectivity index (χ1n) is 10.0.